The Morgan fingerprint density at radius 1 is 1.32 bits per heavy atom. The van der Waals surface area contributed by atoms with Crippen LogP contribution in [0.5, 0.6) is 5.75 Å². The molecule has 100 valence electrons. The molecule has 0 bridgehead atoms. The van der Waals surface area contributed by atoms with Crippen LogP contribution in [-0.4, -0.2) is 19.2 Å². The van der Waals surface area contributed by atoms with Crippen molar-refractivity contribution in [1.82, 2.24) is 14.1 Å². The van der Waals surface area contributed by atoms with E-state index in [0.717, 1.165) is 4.57 Å². The molecule has 1 N–H and O–H groups in total. The highest BCUT2D eigenvalue weighted by atomic mass is 19.4. The van der Waals surface area contributed by atoms with Gasteiger partial charge in [0.2, 0.25) is 5.43 Å². The number of fused-ring (bicyclic) bond motifs is 3. The van der Waals surface area contributed by atoms with Gasteiger partial charge in [-0.15, -0.1) is 0 Å². The Labute approximate surface area is 104 Å². The average Bonchev–Trinajstić information content (AvgIpc) is 2.76. The van der Waals surface area contributed by atoms with E-state index in [0.29, 0.717) is 6.20 Å². The van der Waals surface area contributed by atoms with E-state index in [9.17, 15) is 23.1 Å². The van der Waals surface area contributed by atoms with Crippen molar-refractivity contribution in [1.29, 1.82) is 0 Å². The Kier molecular flexibility index (Phi) is 2.25. The number of rotatable bonds is 0. The van der Waals surface area contributed by atoms with E-state index in [1.54, 1.807) is 0 Å². The van der Waals surface area contributed by atoms with Gasteiger partial charge in [0, 0.05) is 25.4 Å². The molecule has 5 nitrogen and oxygen atoms in total. The fourth-order valence-electron chi connectivity index (χ4n) is 2.21. The molecule has 0 aromatic carbocycles. The number of halogens is 3. The van der Waals surface area contributed by atoms with E-state index < -0.39 is 23.0 Å². The topological polar surface area (TPSA) is 60.1 Å². The number of hydrogen-bond donors (Lipinski definition) is 1. The van der Waals surface area contributed by atoms with Gasteiger partial charge in [-0.25, -0.2) is 4.98 Å². The number of pyridine rings is 1. The number of hydrogen-bond acceptors (Lipinski definition) is 3. The molecule has 0 saturated heterocycles. The first-order valence-electron chi connectivity index (χ1n) is 5.45. The molecule has 19 heavy (non-hydrogen) atoms. The molecule has 0 saturated carbocycles. The minimum atomic E-state index is -4.52. The van der Waals surface area contributed by atoms with E-state index in [2.05, 4.69) is 4.98 Å². The molecule has 2 aromatic heterocycles. The summed E-state index contributed by atoms with van der Waals surface area (Å²) in [5.41, 5.74) is -1.50. The van der Waals surface area contributed by atoms with Crippen LogP contribution < -0.4 is 5.43 Å². The molecular weight excluding hydrogens is 263 g/mol. The Balaban J connectivity index is 2.29. The summed E-state index contributed by atoms with van der Waals surface area (Å²) in [5.74, 6) is -0.628. The Morgan fingerprint density at radius 2 is 2.05 bits per heavy atom. The van der Waals surface area contributed by atoms with Crippen molar-refractivity contribution < 1.29 is 18.3 Å². The summed E-state index contributed by atoms with van der Waals surface area (Å²) >= 11 is 0. The van der Waals surface area contributed by atoms with Gasteiger partial charge in [-0.05, 0) is 0 Å². The largest absolute Gasteiger partial charge is 0.503 e. The zero-order valence-electron chi connectivity index (χ0n) is 9.48. The molecule has 0 amide bonds. The first-order chi connectivity index (χ1) is 8.89. The molecule has 3 heterocycles. The number of imidazole rings is 1. The highest BCUT2D eigenvalue weighted by Crippen LogP contribution is 2.36. The maximum Gasteiger partial charge on any atom is 0.433 e. The summed E-state index contributed by atoms with van der Waals surface area (Å²) < 4.78 is 40.8. The fourth-order valence-corrected chi connectivity index (χ4v) is 2.21. The van der Waals surface area contributed by atoms with Crippen molar-refractivity contribution in [2.45, 2.75) is 19.3 Å². The molecule has 0 spiro atoms. The number of aromatic hydroxyl groups is 1. The minimum Gasteiger partial charge on any atom is -0.503 e. The molecule has 0 aliphatic carbocycles. The molecular formula is C11H8F3N3O2. The molecule has 0 fully saturated rings. The van der Waals surface area contributed by atoms with Gasteiger partial charge >= 0.3 is 6.18 Å². The predicted octanol–water partition coefficient (Wildman–Crippen LogP) is 1.45. The van der Waals surface area contributed by atoms with Crippen molar-refractivity contribution >= 4 is 0 Å². The van der Waals surface area contributed by atoms with Crippen LogP contribution in [0.1, 0.15) is 5.69 Å². The van der Waals surface area contributed by atoms with Gasteiger partial charge < -0.3 is 14.2 Å². The second kappa shape index (κ2) is 3.62. The standard InChI is InChI=1S/C11H8F3N3O2/c12-11(13,14)7-5-15-10-8-9(19)6(18)1-2-16(8)3-4-17(7)10/h1-2,5,19H,3-4H2. The van der Waals surface area contributed by atoms with E-state index >= 15 is 0 Å². The molecule has 1 aliphatic heterocycles. The van der Waals surface area contributed by atoms with Crippen LogP contribution in [0.4, 0.5) is 13.2 Å². The molecule has 0 atom stereocenters. The van der Waals surface area contributed by atoms with Crippen LogP contribution in [0.3, 0.4) is 0 Å². The van der Waals surface area contributed by atoms with Crippen molar-refractivity contribution in [2.75, 3.05) is 0 Å². The van der Waals surface area contributed by atoms with Gasteiger partial charge in [0.1, 0.15) is 11.4 Å². The van der Waals surface area contributed by atoms with Gasteiger partial charge in [0.05, 0.1) is 6.20 Å². The van der Waals surface area contributed by atoms with Crippen molar-refractivity contribution in [3.63, 3.8) is 0 Å². The summed E-state index contributed by atoms with van der Waals surface area (Å²) in [5, 5.41) is 9.73. The van der Waals surface area contributed by atoms with Crippen molar-refractivity contribution in [2.24, 2.45) is 0 Å². The van der Waals surface area contributed by atoms with Gasteiger partial charge in [-0.1, -0.05) is 0 Å². The van der Waals surface area contributed by atoms with E-state index in [4.69, 9.17) is 0 Å². The van der Waals surface area contributed by atoms with E-state index in [1.165, 1.54) is 16.8 Å². The zero-order chi connectivity index (χ0) is 13.8. The van der Waals surface area contributed by atoms with Crippen LogP contribution in [0.25, 0.3) is 11.5 Å². The maximum absolute atomic E-state index is 12.8. The minimum absolute atomic E-state index is 0.0225. The maximum atomic E-state index is 12.8. The first-order valence-corrected chi connectivity index (χ1v) is 5.45. The number of aryl methyl sites for hydroxylation is 1. The van der Waals surface area contributed by atoms with Crippen LogP contribution in [0, 0.1) is 0 Å². The average molecular weight is 271 g/mol. The number of aromatic nitrogens is 3. The van der Waals surface area contributed by atoms with Gasteiger partial charge in [-0.3, -0.25) is 4.79 Å². The third kappa shape index (κ3) is 1.63. The molecule has 2 aromatic rings. The van der Waals surface area contributed by atoms with Crippen LogP contribution in [0.15, 0.2) is 23.3 Å². The fraction of sp³-hybridized carbons (Fsp3) is 0.273. The molecule has 3 rings (SSSR count). The molecule has 0 unspecified atom stereocenters. The summed E-state index contributed by atoms with van der Waals surface area (Å²) in [6.45, 7) is 0.315. The van der Waals surface area contributed by atoms with Gasteiger partial charge in [0.15, 0.2) is 11.6 Å². The van der Waals surface area contributed by atoms with Gasteiger partial charge in [-0.2, -0.15) is 13.2 Å². The second-order valence-electron chi connectivity index (χ2n) is 4.19. The van der Waals surface area contributed by atoms with Crippen LogP contribution in [-0.2, 0) is 19.3 Å². The number of alkyl halides is 3. The van der Waals surface area contributed by atoms with Crippen molar-refractivity contribution in [3.05, 3.63) is 34.4 Å². The Bertz CT molecular complexity index is 715. The van der Waals surface area contributed by atoms with Crippen molar-refractivity contribution in [3.8, 4) is 17.3 Å². The smallest absolute Gasteiger partial charge is 0.433 e. The molecule has 0 radical (unpaired) electrons. The second-order valence-corrected chi connectivity index (χ2v) is 4.19. The van der Waals surface area contributed by atoms with Crippen LogP contribution in [0.2, 0.25) is 0 Å². The third-order valence-corrected chi connectivity index (χ3v) is 3.07. The number of nitrogens with zero attached hydrogens (tertiary/aromatic N) is 3. The van der Waals surface area contributed by atoms with E-state index in [1.807, 2.05) is 0 Å². The SMILES string of the molecule is O=c1ccn2c(c1O)-c1ncc(C(F)(F)F)n1CC2. The lowest BCUT2D eigenvalue weighted by atomic mass is 10.2. The lowest BCUT2D eigenvalue weighted by molar-refractivity contribution is -0.143. The summed E-state index contributed by atoms with van der Waals surface area (Å²) in [7, 11) is 0. The third-order valence-electron chi connectivity index (χ3n) is 3.07. The quantitative estimate of drug-likeness (QED) is 0.789. The summed E-state index contributed by atoms with van der Waals surface area (Å²) in [6.07, 6.45) is -2.37. The zero-order valence-corrected chi connectivity index (χ0v) is 9.48. The lowest BCUT2D eigenvalue weighted by Gasteiger charge is -2.23. The highest BCUT2D eigenvalue weighted by molar-refractivity contribution is 5.61. The summed E-state index contributed by atoms with van der Waals surface area (Å²) in [4.78, 5) is 15.1. The normalized spacial score (nSPS) is 14.1. The Hall–Kier alpha value is -2.25. The highest BCUT2D eigenvalue weighted by Gasteiger charge is 2.37. The Morgan fingerprint density at radius 3 is 2.74 bits per heavy atom. The predicted molar refractivity (Wildman–Crippen MR) is 58.6 cm³/mol. The van der Waals surface area contributed by atoms with Gasteiger partial charge in [0.25, 0.3) is 0 Å². The lowest BCUT2D eigenvalue weighted by Crippen LogP contribution is -2.24. The van der Waals surface area contributed by atoms with E-state index in [-0.39, 0.29) is 24.6 Å². The summed E-state index contributed by atoms with van der Waals surface area (Å²) in [6, 6.07) is 1.17. The molecule has 8 heteroatoms. The molecule has 1 aliphatic rings. The first kappa shape index (κ1) is 11.8. The van der Waals surface area contributed by atoms with Crippen LogP contribution >= 0.6 is 0 Å². The monoisotopic (exact) mass is 271 g/mol.